The molecule has 2 N–H and O–H groups in total. The number of aliphatic carboxylic acids is 1. The van der Waals surface area contributed by atoms with Crippen LogP contribution in [-0.4, -0.2) is 30.1 Å². The first kappa shape index (κ1) is 17.3. The lowest BCUT2D eigenvalue weighted by Crippen LogP contribution is -2.42. The van der Waals surface area contributed by atoms with E-state index in [-0.39, 0.29) is 11.8 Å². The summed E-state index contributed by atoms with van der Waals surface area (Å²) in [5, 5.41) is 11.7. The van der Waals surface area contributed by atoms with E-state index in [0.29, 0.717) is 6.42 Å². The summed E-state index contributed by atoms with van der Waals surface area (Å²) >= 11 is 0. The average Bonchev–Trinajstić information content (AvgIpc) is 3.37. The highest BCUT2D eigenvalue weighted by Gasteiger charge is 2.36. The van der Waals surface area contributed by atoms with Crippen molar-refractivity contribution in [2.24, 2.45) is 5.92 Å². The number of carboxylic acid groups (broad SMARTS) is 1. The number of benzene rings is 1. The molecule has 2 rings (SSSR count). The molecule has 0 saturated heterocycles. The number of carboxylic acids is 1. The van der Waals surface area contributed by atoms with E-state index in [1.807, 2.05) is 12.1 Å². The largest absolute Gasteiger partial charge is 0.497 e. The maximum Gasteiger partial charge on any atom is 0.326 e. The average molecular weight is 319 g/mol. The molecule has 5 nitrogen and oxygen atoms in total. The molecule has 1 aliphatic rings. The number of carbonyl (C=O) groups excluding carboxylic acids is 1. The van der Waals surface area contributed by atoms with Gasteiger partial charge >= 0.3 is 5.97 Å². The van der Waals surface area contributed by atoms with Crippen LogP contribution in [0.1, 0.15) is 44.1 Å². The molecule has 1 unspecified atom stereocenters. The fourth-order valence-electron chi connectivity index (χ4n) is 2.64. The van der Waals surface area contributed by atoms with Crippen LogP contribution in [0.4, 0.5) is 0 Å². The SMILES string of the molecule is COc1ccc(CCCCCC(=O)NC(C(=O)O)C2CC2)cc1. The van der Waals surface area contributed by atoms with Crippen molar-refractivity contribution < 1.29 is 19.4 Å². The Kier molecular flexibility index (Phi) is 6.44. The van der Waals surface area contributed by atoms with Crippen LogP contribution in [0.3, 0.4) is 0 Å². The van der Waals surface area contributed by atoms with Gasteiger partial charge in [0.2, 0.25) is 5.91 Å². The predicted molar refractivity (Wildman–Crippen MR) is 87.5 cm³/mol. The van der Waals surface area contributed by atoms with Crippen LogP contribution >= 0.6 is 0 Å². The molecule has 5 heteroatoms. The molecule has 23 heavy (non-hydrogen) atoms. The second-order valence-electron chi connectivity index (χ2n) is 6.13. The number of ether oxygens (including phenoxy) is 1. The number of amides is 1. The van der Waals surface area contributed by atoms with Crippen molar-refractivity contribution in [2.45, 2.75) is 51.0 Å². The van der Waals surface area contributed by atoms with Crippen LogP contribution in [0, 0.1) is 5.92 Å². The summed E-state index contributed by atoms with van der Waals surface area (Å²) in [6.45, 7) is 0. The molecule has 0 spiro atoms. The molecule has 0 aromatic heterocycles. The Labute approximate surface area is 137 Å². The fraction of sp³-hybridized carbons (Fsp3) is 0.556. The molecule has 0 aliphatic heterocycles. The Morgan fingerprint density at radius 2 is 1.91 bits per heavy atom. The highest BCUT2D eigenvalue weighted by atomic mass is 16.5. The molecule has 0 bridgehead atoms. The minimum absolute atomic E-state index is 0.131. The number of carbonyl (C=O) groups is 2. The molecule has 1 amide bonds. The van der Waals surface area contributed by atoms with Crippen molar-refractivity contribution in [3.63, 3.8) is 0 Å². The van der Waals surface area contributed by atoms with E-state index in [1.165, 1.54) is 5.56 Å². The topological polar surface area (TPSA) is 75.6 Å². The Hall–Kier alpha value is -2.04. The molecule has 1 aromatic rings. The third-order valence-electron chi connectivity index (χ3n) is 4.20. The second-order valence-corrected chi connectivity index (χ2v) is 6.13. The molecule has 1 aromatic carbocycles. The van der Waals surface area contributed by atoms with Crippen LogP contribution in [-0.2, 0) is 16.0 Å². The summed E-state index contributed by atoms with van der Waals surface area (Å²) in [4.78, 5) is 22.9. The number of hydrogen-bond acceptors (Lipinski definition) is 3. The van der Waals surface area contributed by atoms with Crippen molar-refractivity contribution in [1.82, 2.24) is 5.32 Å². The first-order valence-corrected chi connectivity index (χ1v) is 8.25. The number of rotatable bonds is 10. The lowest BCUT2D eigenvalue weighted by atomic mass is 10.1. The Morgan fingerprint density at radius 1 is 1.22 bits per heavy atom. The number of methoxy groups -OCH3 is 1. The van der Waals surface area contributed by atoms with Crippen molar-refractivity contribution in [3.05, 3.63) is 29.8 Å². The van der Waals surface area contributed by atoms with Gasteiger partial charge in [-0.2, -0.15) is 0 Å². The zero-order chi connectivity index (χ0) is 16.7. The molecular weight excluding hydrogens is 294 g/mol. The minimum atomic E-state index is -0.916. The standard InChI is InChI=1S/C18H25NO4/c1-23-15-11-7-13(8-12-15)5-3-2-4-6-16(20)19-17(18(21)22)14-9-10-14/h7-8,11-12,14,17H,2-6,9-10H2,1H3,(H,19,20)(H,21,22). The summed E-state index contributed by atoms with van der Waals surface area (Å²) in [6.07, 6.45) is 5.95. The number of aryl methyl sites for hydroxylation is 1. The smallest absolute Gasteiger partial charge is 0.326 e. The van der Waals surface area contributed by atoms with Gasteiger partial charge in [-0.05, 0) is 55.7 Å². The van der Waals surface area contributed by atoms with E-state index in [9.17, 15) is 9.59 Å². The summed E-state index contributed by atoms with van der Waals surface area (Å²) in [6, 6.07) is 7.32. The van der Waals surface area contributed by atoms with Gasteiger partial charge in [0.15, 0.2) is 0 Å². The van der Waals surface area contributed by atoms with Gasteiger partial charge < -0.3 is 15.2 Å². The summed E-state index contributed by atoms with van der Waals surface area (Å²) < 4.78 is 5.12. The lowest BCUT2D eigenvalue weighted by Gasteiger charge is -2.13. The van der Waals surface area contributed by atoms with E-state index in [4.69, 9.17) is 9.84 Å². The van der Waals surface area contributed by atoms with Crippen molar-refractivity contribution in [3.8, 4) is 5.75 Å². The number of unbranched alkanes of at least 4 members (excludes halogenated alkanes) is 2. The van der Waals surface area contributed by atoms with Crippen LogP contribution in [0.2, 0.25) is 0 Å². The highest BCUT2D eigenvalue weighted by molar-refractivity contribution is 5.83. The first-order chi connectivity index (χ1) is 11.1. The maximum atomic E-state index is 11.8. The van der Waals surface area contributed by atoms with Crippen molar-refractivity contribution in [2.75, 3.05) is 7.11 Å². The first-order valence-electron chi connectivity index (χ1n) is 8.25. The number of hydrogen-bond donors (Lipinski definition) is 2. The second kappa shape index (κ2) is 8.56. The van der Waals surface area contributed by atoms with Crippen molar-refractivity contribution >= 4 is 11.9 Å². The van der Waals surface area contributed by atoms with E-state index in [0.717, 1.165) is 44.3 Å². The molecule has 1 fully saturated rings. The number of nitrogens with one attached hydrogen (secondary N) is 1. The Bertz CT molecular complexity index is 522. The lowest BCUT2D eigenvalue weighted by molar-refractivity contribution is -0.142. The van der Waals surface area contributed by atoms with E-state index in [2.05, 4.69) is 17.4 Å². The Morgan fingerprint density at radius 3 is 2.48 bits per heavy atom. The van der Waals surface area contributed by atoms with E-state index < -0.39 is 12.0 Å². The molecule has 1 atom stereocenters. The van der Waals surface area contributed by atoms with Crippen molar-refractivity contribution in [1.29, 1.82) is 0 Å². The van der Waals surface area contributed by atoms with Gasteiger partial charge in [-0.25, -0.2) is 4.79 Å². The fourth-order valence-corrected chi connectivity index (χ4v) is 2.64. The molecule has 0 radical (unpaired) electrons. The monoisotopic (exact) mass is 319 g/mol. The molecule has 1 saturated carbocycles. The van der Waals surface area contributed by atoms with Crippen LogP contribution in [0.15, 0.2) is 24.3 Å². The van der Waals surface area contributed by atoms with Gasteiger partial charge in [-0.3, -0.25) is 4.79 Å². The third kappa shape index (κ3) is 5.93. The molecule has 126 valence electrons. The summed E-state index contributed by atoms with van der Waals surface area (Å²) in [5.41, 5.74) is 1.26. The maximum absolute atomic E-state index is 11.8. The third-order valence-corrected chi connectivity index (χ3v) is 4.20. The van der Waals surface area contributed by atoms with Gasteiger partial charge in [-0.15, -0.1) is 0 Å². The van der Waals surface area contributed by atoms with E-state index in [1.54, 1.807) is 7.11 Å². The van der Waals surface area contributed by atoms with Crippen LogP contribution in [0.5, 0.6) is 5.75 Å². The summed E-state index contributed by atoms with van der Waals surface area (Å²) in [7, 11) is 1.65. The van der Waals surface area contributed by atoms with Gasteiger partial charge in [-0.1, -0.05) is 18.6 Å². The zero-order valence-corrected chi connectivity index (χ0v) is 13.6. The van der Waals surface area contributed by atoms with Crippen LogP contribution in [0.25, 0.3) is 0 Å². The highest BCUT2D eigenvalue weighted by Crippen LogP contribution is 2.32. The zero-order valence-electron chi connectivity index (χ0n) is 13.6. The Balaban J connectivity index is 1.59. The van der Waals surface area contributed by atoms with Gasteiger partial charge in [0.05, 0.1) is 7.11 Å². The quantitative estimate of drug-likeness (QED) is 0.650. The van der Waals surface area contributed by atoms with Crippen LogP contribution < -0.4 is 10.1 Å². The van der Waals surface area contributed by atoms with E-state index >= 15 is 0 Å². The molecule has 1 aliphatic carbocycles. The minimum Gasteiger partial charge on any atom is -0.497 e. The van der Waals surface area contributed by atoms with Gasteiger partial charge in [0.25, 0.3) is 0 Å². The predicted octanol–water partition coefficient (Wildman–Crippen LogP) is 2.78. The summed E-state index contributed by atoms with van der Waals surface area (Å²) in [5.74, 6) is -0.0744. The molecule has 0 heterocycles. The van der Waals surface area contributed by atoms with Gasteiger partial charge in [0, 0.05) is 6.42 Å². The normalized spacial score (nSPS) is 15.0. The molecular formula is C18H25NO4. The van der Waals surface area contributed by atoms with Gasteiger partial charge in [0.1, 0.15) is 11.8 Å².